The van der Waals surface area contributed by atoms with E-state index in [4.69, 9.17) is 4.98 Å². The van der Waals surface area contributed by atoms with E-state index in [-0.39, 0.29) is 5.41 Å². The second-order valence-corrected chi connectivity index (χ2v) is 13.5. The van der Waals surface area contributed by atoms with Gasteiger partial charge in [-0.15, -0.1) is 22.7 Å². The second-order valence-electron chi connectivity index (χ2n) is 11.7. The van der Waals surface area contributed by atoms with Crippen LogP contribution in [-0.4, -0.2) is 4.98 Å². The second kappa shape index (κ2) is 9.08. The van der Waals surface area contributed by atoms with Gasteiger partial charge in [0.05, 0.1) is 15.9 Å². The van der Waals surface area contributed by atoms with E-state index in [1.807, 2.05) is 22.7 Å². The van der Waals surface area contributed by atoms with Crippen LogP contribution in [0, 0.1) is 12.8 Å². The third kappa shape index (κ3) is 4.39. The van der Waals surface area contributed by atoms with Crippen LogP contribution >= 0.6 is 22.7 Å². The molecule has 0 bridgehead atoms. The molecule has 3 heteroatoms. The van der Waals surface area contributed by atoms with Crippen molar-refractivity contribution in [3.8, 4) is 22.4 Å². The van der Waals surface area contributed by atoms with Gasteiger partial charge >= 0.3 is 0 Å². The van der Waals surface area contributed by atoms with E-state index in [0.717, 1.165) is 17.6 Å². The number of nitrogens with zero attached hydrogens (tertiary/aromatic N) is 1. The van der Waals surface area contributed by atoms with Gasteiger partial charge in [0, 0.05) is 15.8 Å². The first-order valence-electron chi connectivity index (χ1n) is 13.1. The fourth-order valence-electron chi connectivity index (χ4n) is 5.41. The molecule has 6 aromatic rings. The van der Waals surface area contributed by atoms with Crippen molar-refractivity contribution in [1.82, 2.24) is 4.98 Å². The quantitative estimate of drug-likeness (QED) is 0.226. The monoisotopic (exact) mass is 519 g/mol. The highest BCUT2D eigenvalue weighted by Gasteiger charge is 2.20. The number of rotatable bonds is 4. The number of hydrogen-bond donors (Lipinski definition) is 0. The van der Waals surface area contributed by atoms with Crippen molar-refractivity contribution in [2.24, 2.45) is 5.92 Å². The molecule has 0 saturated heterocycles. The lowest BCUT2D eigenvalue weighted by Crippen LogP contribution is -2.12. The Kier molecular flexibility index (Phi) is 5.97. The zero-order valence-corrected chi connectivity index (χ0v) is 24.1. The minimum Gasteiger partial charge on any atom is -0.247 e. The highest BCUT2D eigenvalue weighted by molar-refractivity contribution is 7.18. The summed E-state index contributed by atoms with van der Waals surface area (Å²) < 4.78 is 2.64. The highest BCUT2D eigenvalue weighted by Crippen LogP contribution is 2.41. The van der Waals surface area contributed by atoms with Crippen molar-refractivity contribution in [3.63, 3.8) is 0 Å². The van der Waals surface area contributed by atoms with E-state index in [9.17, 15) is 0 Å². The van der Waals surface area contributed by atoms with Gasteiger partial charge in [0.1, 0.15) is 0 Å². The molecule has 0 aliphatic heterocycles. The van der Waals surface area contributed by atoms with Crippen LogP contribution in [-0.2, 0) is 11.8 Å². The molecule has 0 radical (unpaired) electrons. The maximum absolute atomic E-state index is 5.23. The Balaban J connectivity index is 1.57. The fraction of sp³-hybridized carbons (Fsp3) is 0.265. The third-order valence-electron chi connectivity index (χ3n) is 7.26. The molecule has 0 spiro atoms. The number of aromatic nitrogens is 1. The van der Waals surface area contributed by atoms with Gasteiger partial charge in [0.2, 0.25) is 0 Å². The summed E-state index contributed by atoms with van der Waals surface area (Å²) in [6, 6.07) is 22.8. The molecule has 0 amide bonds. The normalized spacial score (nSPS) is 12.4. The largest absolute Gasteiger partial charge is 0.247 e. The molecule has 3 aromatic heterocycles. The Morgan fingerprint density at radius 3 is 2.43 bits per heavy atom. The number of aryl methyl sites for hydroxylation is 1. The van der Waals surface area contributed by atoms with Gasteiger partial charge in [-0.05, 0) is 98.1 Å². The topological polar surface area (TPSA) is 12.9 Å². The number of hydrogen-bond acceptors (Lipinski definition) is 3. The van der Waals surface area contributed by atoms with Crippen molar-refractivity contribution < 1.29 is 0 Å². The van der Waals surface area contributed by atoms with Gasteiger partial charge in [-0.3, -0.25) is 0 Å². The SMILES string of the molecule is Cc1csc2c(-c3ccc4c(CC(C)C)csc4c3)cc(-c3cc(C(C)(C)C)c4ccccc4c3)nc12. The Labute approximate surface area is 227 Å². The van der Waals surface area contributed by atoms with Gasteiger partial charge in [-0.2, -0.15) is 0 Å². The molecule has 0 saturated carbocycles. The van der Waals surface area contributed by atoms with Crippen LogP contribution in [0.15, 0.2) is 71.4 Å². The van der Waals surface area contributed by atoms with E-state index < -0.39 is 0 Å². The smallest absolute Gasteiger partial charge is 0.0852 e. The van der Waals surface area contributed by atoms with Gasteiger partial charge in [0.15, 0.2) is 0 Å². The van der Waals surface area contributed by atoms with Crippen LogP contribution in [0.4, 0.5) is 0 Å². The molecule has 0 unspecified atom stereocenters. The molecule has 0 aliphatic rings. The lowest BCUT2D eigenvalue weighted by Gasteiger charge is -2.23. The average molecular weight is 520 g/mol. The molecule has 1 nitrogen and oxygen atoms in total. The molecule has 0 aliphatic carbocycles. The van der Waals surface area contributed by atoms with Crippen molar-refractivity contribution in [2.75, 3.05) is 0 Å². The van der Waals surface area contributed by atoms with Crippen LogP contribution in [0.2, 0.25) is 0 Å². The fourth-order valence-corrected chi connectivity index (χ4v) is 7.45. The first kappa shape index (κ1) is 24.3. The summed E-state index contributed by atoms with van der Waals surface area (Å²) in [4.78, 5) is 5.23. The zero-order valence-electron chi connectivity index (χ0n) is 22.5. The predicted molar refractivity (Wildman–Crippen MR) is 165 cm³/mol. The Bertz CT molecular complexity index is 1780. The Hall–Kier alpha value is -3.01. The van der Waals surface area contributed by atoms with E-state index in [0.29, 0.717) is 5.92 Å². The number of fused-ring (bicyclic) bond motifs is 3. The predicted octanol–water partition coefficient (Wildman–Crippen LogP) is 10.8. The van der Waals surface area contributed by atoms with Crippen LogP contribution in [0.25, 0.3) is 53.5 Å². The Morgan fingerprint density at radius 1 is 0.838 bits per heavy atom. The summed E-state index contributed by atoms with van der Waals surface area (Å²) in [5.74, 6) is 0.661. The molecular weight excluding hydrogens is 487 g/mol. The molecule has 3 heterocycles. The van der Waals surface area contributed by atoms with Crippen LogP contribution < -0.4 is 0 Å². The first-order chi connectivity index (χ1) is 17.7. The van der Waals surface area contributed by atoms with Crippen molar-refractivity contribution in [3.05, 3.63) is 88.1 Å². The summed E-state index contributed by atoms with van der Waals surface area (Å²) in [6.07, 6.45) is 1.13. The standard InChI is InChI=1S/C34H33NS2/c1-20(2)13-25-19-36-31-16-23(11-12-27(25)31)28-17-30(35-32-21(3)18-37-33(28)32)24-14-22-9-7-8-10-26(22)29(15-24)34(4,5)6/h7-12,14-20H,13H2,1-6H3. The molecule has 0 fully saturated rings. The van der Waals surface area contributed by atoms with E-state index in [2.05, 4.69) is 113 Å². The molecular formula is C34H33NS2. The van der Waals surface area contributed by atoms with E-state index >= 15 is 0 Å². The maximum Gasteiger partial charge on any atom is 0.0852 e. The van der Waals surface area contributed by atoms with Crippen LogP contribution in [0.5, 0.6) is 0 Å². The van der Waals surface area contributed by atoms with E-state index in [1.54, 1.807) is 0 Å². The number of thiophene rings is 2. The zero-order chi connectivity index (χ0) is 25.9. The van der Waals surface area contributed by atoms with Crippen molar-refractivity contribution in [2.45, 2.75) is 53.4 Å². The molecule has 3 aromatic carbocycles. The van der Waals surface area contributed by atoms with Crippen LogP contribution in [0.3, 0.4) is 0 Å². The summed E-state index contributed by atoms with van der Waals surface area (Å²) in [5, 5.41) is 8.59. The van der Waals surface area contributed by atoms with E-state index in [1.165, 1.54) is 58.9 Å². The van der Waals surface area contributed by atoms with Gasteiger partial charge < -0.3 is 0 Å². The molecule has 186 valence electrons. The average Bonchev–Trinajstić information content (AvgIpc) is 3.44. The number of benzene rings is 3. The molecule has 0 N–H and O–H groups in total. The van der Waals surface area contributed by atoms with Gasteiger partial charge in [0.25, 0.3) is 0 Å². The maximum atomic E-state index is 5.23. The van der Waals surface area contributed by atoms with Crippen LogP contribution in [0.1, 0.15) is 51.3 Å². The van der Waals surface area contributed by atoms with Gasteiger partial charge in [-0.1, -0.05) is 71.0 Å². The minimum absolute atomic E-state index is 0.0404. The molecule has 6 rings (SSSR count). The lowest BCUT2D eigenvalue weighted by molar-refractivity contribution is 0.596. The summed E-state index contributed by atoms with van der Waals surface area (Å²) >= 11 is 3.68. The van der Waals surface area contributed by atoms with Crippen molar-refractivity contribution >= 4 is 53.7 Å². The molecule has 0 atom stereocenters. The highest BCUT2D eigenvalue weighted by atomic mass is 32.1. The van der Waals surface area contributed by atoms with Gasteiger partial charge in [-0.25, -0.2) is 4.98 Å². The summed E-state index contributed by atoms with van der Waals surface area (Å²) in [7, 11) is 0. The number of pyridine rings is 1. The third-order valence-corrected chi connectivity index (χ3v) is 9.37. The lowest BCUT2D eigenvalue weighted by atomic mass is 9.82. The first-order valence-corrected chi connectivity index (χ1v) is 14.9. The Morgan fingerprint density at radius 2 is 1.65 bits per heavy atom. The minimum atomic E-state index is 0.0404. The molecule has 37 heavy (non-hydrogen) atoms. The van der Waals surface area contributed by atoms with Crippen molar-refractivity contribution in [1.29, 1.82) is 0 Å². The summed E-state index contributed by atoms with van der Waals surface area (Å²) in [5.41, 5.74) is 10.0. The summed E-state index contributed by atoms with van der Waals surface area (Å²) in [6.45, 7) is 13.7.